The van der Waals surface area contributed by atoms with Crippen LogP contribution in [0.25, 0.3) is 10.8 Å². The van der Waals surface area contributed by atoms with Crippen LogP contribution >= 0.6 is 12.4 Å². The van der Waals surface area contributed by atoms with E-state index in [0.717, 1.165) is 16.3 Å². The van der Waals surface area contributed by atoms with Gasteiger partial charge in [-0.3, -0.25) is 4.98 Å². The molecule has 0 bridgehead atoms. The molecule has 0 amide bonds. The van der Waals surface area contributed by atoms with Crippen molar-refractivity contribution in [2.45, 2.75) is 24.0 Å². The average Bonchev–Trinajstić information content (AvgIpc) is 2.71. The Kier molecular flexibility index (Phi) is 8.55. The highest BCUT2D eigenvalue weighted by atomic mass is 35.5. The van der Waals surface area contributed by atoms with Gasteiger partial charge in [0.15, 0.2) is 0 Å². The minimum atomic E-state index is -3.60. The molecule has 0 unspecified atom stereocenters. The van der Waals surface area contributed by atoms with Crippen LogP contribution in [0.3, 0.4) is 0 Å². The Hall–Kier alpha value is -2.03. The SMILES string of the molecule is CO[C@H](CNC[C@@H](C)NS(=O)(=O)c1ccc2cnccc2c1)c1ccccc1.Cl. The first-order valence-electron chi connectivity index (χ1n) is 9.14. The van der Waals surface area contributed by atoms with Crippen molar-refractivity contribution < 1.29 is 13.2 Å². The van der Waals surface area contributed by atoms with Crippen molar-refractivity contribution in [1.29, 1.82) is 0 Å². The van der Waals surface area contributed by atoms with Crippen molar-refractivity contribution in [2.75, 3.05) is 20.2 Å². The van der Waals surface area contributed by atoms with Gasteiger partial charge in [0, 0.05) is 44.0 Å². The molecule has 0 aliphatic heterocycles. The zero-order valence-corrected chi connectivity index (χ0v) is 18.0. The average molecular weight is 436 g/mol. The Morgan fingerprint density at radius 3 is 2.52 bits per heavy atom. The molecular formula is C21H26ClN3O3S. The molecule has 0 saturated heterocycles. The molecule has 0 aliphatic carbocycles. The van der Waals surface area contributed by atoms with Crippen molar-refractivity contribution >= 4 is 33.2 Å². The fourth-order valence-corrected chi connectivity index (χ4v) is 4.32. The van der Waals surface area contributed by atoms with E-state index < -0.39 is 10.0 Å². The summed E-state index contributed by atoms with van der Waals surface area (Å²) in [5.41, 5.74) is 1.08. The number of methoxy groups -OCH3 is 1. The van der Waals surface area contributed by atoms with Crippen LogP contribution in [0.1, 0.15) is 18.6 Å². The summed E-state index contributed by atoms with van der Waals surface area (Å²) in [7, 11) is -1.93. The molecule has 8 heteroatoms. The molecule has 156 valence electrons. The maximum absolute atomic E-state index is 12.7. The lowest BCUT2D eigenvalue weighted by Gasteiger charge is -2.19. The summed E-state index contributed by atoms with van der Waals surface area (Å²) in [4.78, 5) is 4.29. The van der Waals surface area contributed by atoms with Crippen LogP contribution in [0.2, 0.25) is 0 Å². The number of hydrogen-bond donors (Lipinski definition) is 2. The predicted molar refractivity (Wildman–Crippen MR) is 118 cm³/mol. The van der Waals surface area contributed by atoms with Gasteiger partial charge in [-0.25, -0.2) is 13.1 Å². The molecule has 0 radical (unpaired) electrons. The normalized spacial score (nSPS) is 13.6. The lowest BCUT2D eigenvalue weighted by Crippen LogP contribution is -2.41. The van der Waals surface area contributed by atoms with Crippen molar-refractivity contribution in [3.8, 4) is 0 Å². The number of aromatic nitrogens is 1. The zero-order chi connectivity index (χ0) is 20.0. The van der Waals surface area contributed by atoms with E-state index in [0.29, 0.717) is 13.1 Å². The molecule has 2 atom stereocenters. The number of rotatable bonds is 9. The third-order valence-corrected chi connectivity index (χ3v) is 6.10. The first-order valence-corrected chi connectivity index (χ1v) is 10.6. The summed E-state index contributed by atoms with van der Waals surface area (Å²) in [6.07, 6.45) is 3.28. The molecule has 6 nitrogen and oxygen atoms in total. The monoisotopic (exact) mass is 435 g/mol. The molecular weight excluding hydrogens is 410 g/mol. The fraction of sp³-hybridized carbons (Fsp3) is 0.286. The number of pyridine rings is 1. The number of ether oxygens (including phenoxy) is 1. The maximum Gasteiger partial charge on any atom is 0.240 e. The predicted octanol–water partition coefficient (Wildman–Crippen LogP) is 3.30. The van der Waals surface area contributed by atoms with Gasteiger partial charge in [0.1, 0.15) is 0 Å². The van der Waals surface area contributed by atoms with Gasteiger partial charge < -0.3 is 10.1 Å². The second kappa shape index (κ2) is 10.7. The lowest BCUT2D eigenvalue weighted by molar-refractivity contribution is 0.102. The van der Waals surface area contributed by atoms with Gasteiger partial charge in [0.25, 0.3) is 0 Å². The van der Waals surface area contributed by atoms with Gasteiger partial charge in [-0.1, -0.05) is 36.4 Å². The Morgan fingerprint density at radius 2 is 1.79 bits per heavy atom. The number of nitrogens with zero attached hydrogens (tertiary/aromatic N) is 1. The maximum atomic E-state index is 12.7. The van der Waals surface area contributed by atoms with E-state index in [1.807, 2.05) is 37.3 Å². The molecule has 3 rings (SSSR count). The van der Waals surface area contributed by atoms with Gasteiger partial charge in [-0.2, -0.15) is 0 Å². The standard InChI is InChI=1S/C21H25N3O3S.ClH/c1-16(13-23-15-21(27-2)17-6-4-3-5-7-17)24-28(25,26)20-9-8-19-14-22-11-10-18(19)12-20;/h3-12,14,16,21,23-24H,13,15H2,1-2H3;1H/t16-,21-;/m1./s1. The summed E-state index contributed by atoms with van der Waals surface area (Å²) in [6.45, 7) is 2.92. The highest BCUT2D eigenvalue weighted by Gasteiger charge is 2.18. The highest BCUT2D eigenvalue weighted by molar-refractivity contribution is 7.89. The number of benzene rings is 2. The van der Waals surface area contributed by atoms with Gasteiger partial charge in [-0.15, -0.1) is 12.4 Å². The quantitative estimate of drug-likeness (QED) is 0.539. The number of nitrogens with one attached hydrogen (secondary N) is 2. The molecule has 0 spiro atoms. The molecule has 0 aliphatic rings. The first kappa shape index (κ1) is 23.3. The Bertz CT molecular complexity index is 1020. The second-order valence-electron chi connectivity index (χ2n) is 6.70. The minimum Gasteiger partial charge on any atom is -0.375 e. The van der Waals surface area contributed by atoms with E-state index in [1.165, 1.54) is 0 Å². The van der Waals surface area contributed by atoms with Crippen LogP contribution in [0.15, 0.2) is 71.9 Å². The summed E-state index contributed by atoms with van der Waals surface area (Å²) in [5.74, 6) is 0. The van der Waals surface area contributed by atoms with E-state index in [1.54, 1.807) is 43.8 Å². The smallest absolute Gasteiger partial charge is 0.240 e. The van der Waals surface area contributed by atoms with Crippen LogP contribution in [-0.4, -0.2) is 39.6 Å². The van der Waals surface area contributed by atoms with Gasteiger partial charge in [0.05, 0.1) is 11.0 Å². The van der Waals surface area contributed by atoms with E-state index in [9.17, 15) is 8.42 Å². The highest BCUT2D eigenvalue weighted by Crippen LogP contribution is 2.18. The van der Waals surface area contributed by atoms with Gasteiger partial charge >= 0.3 is 0 Å². The third kappa shape index (κ3) is 6.22. The molecule has 1 heterocycles. The van der Waals surface area contributed by atoms with E-state index >= 15 is 0 Å². The Labute approximate surface area is 178 Å². The summed E-state index contributed by atoms with van der Waals surface area (Å²) in [6, 6.07) is 16.5. The Balaban J connectivity index is 0.00000300. The summed E-state index contributed by atoms with van der Waals surface area (Å²) >= 11 is 0. The summed E-state index contributed by atoms with van der Waals surface area (Å²) in [5, 5.41) is 5.03. The van der Waals surface area contributed by atoms with E-state index in [-0.39, 0.29) is 29.4 Å². The van der Waals surface area contributed by atoms with Crippen LogP contribution in [0.5, 0.6) is 0 Å². The van der Waals surface area contributed by atoms with Crippen molar-refractivity contribution in [3.63, 3.8) is 0 Å². The van der Waals surface area contributed by atoms with Crippen molar-refractivity contribution in [1.82, 2.24) is 15.0 Å². The first-order chi connectivity index (χ1) is 13.5. The summed E-state index contributed by atoms with van der Waals surface area (Å²) < 4.78 is 33.6. The molecule has 2 N–H and O–H groups in total. The van der Waals surface area contributed by atoms with Crippen molar-refractivity contribution in [3.05, 3.63) is 72.6 Å². The number of halogens is 1. The second-order valence-corrected chi connectivity index (χ2v) is 8.41. The number of fused-ring (bicyclic) bond motifs is 1. The molecule has 2 aromatic carbocycles. The lowest BCUT2D eigenvalue weighted by atomic mass is 10.1. The fourth-order valence-electron chi connectivity index (χ4n) is 3.04. The van der Waals surface area contributed by atoms with Crippen LogP contribution in [-0.2, 0) is 14.8 Å². The molecule has 0 fully saturated rings. The Morgan fingerprint density at radius 1 is 1.03 bits per heavy atom. The molecule has 3 aromatic rings. The molecule has 29 heavy (non-hydrogen) atoms. The minimum absolute atomic E-state index is 0. The largest absolute Gasteiger partial charge is 0.375 e. The zero-order valence-electron chi connectivity index (χ0n) is 16.4. The van der Waals surface area contributed by atoms with Gasteiger partial charge in [-0.05, 0) is 36.1 Å². The number of hydrogen-bond acceptors (Lipinski definition) is 5. The molecule has 1 aromatic heterocycles. The van der Waals surface area contributed by atoms with Crippen LogP contribution < -0.4 is 10.0 Å². The van der Waals surface area contributed by atoms with Crippen molar-refractivity contribution in [2.24, 2.45) is 0 Å². The van der Waals surface area contributed by atoms with Crippen LogP contribution in [0.4, 0.5) is 0 Å². The number of sulfonamides is 1. The van der Waals surface area contributed by atoms with Gasteiger partial charge in [0.2, 0.25) is 10.0 Å². The third-order valence-electron chi connectivity index (χ3n) is 4.51. The van der Waals surface area contributed by atoms with Crippen LogP contribution in [0, 0.1) is 0 Å². The van der Waals surface area contributed by atoms with E-state index in [2.05, 4.69) is 15.0 Å². The molecule has 0 saturated carbocycles. The van der Waals surface area contributed by atoms with E-state index in [4.69, 9.17) is 4.74 Å². The topological polar surface area (TPSA) is 80.3 Å².